The predicted molar refractivity (Wildman–Crippen MR) is 150 cm³/mol. The molecule has 3 aromatic rings. The fourth-order valence-electron chi connectivity index (χ4n) is 7.68. The SMILES string of the molecule is C[C@]1(COC(=O)c2ccccc2)CCC[C@]2(C)[C@H](CCc3ccoc3)[C@@H](COC(=O)c3ccccc3)CC[C@@H]12. The van der Waals surface area contributed by atoms with Crippen molar-refractivity contribution in [3.8, 4) is 0 Å². The van der Waals surface area contributed by atoms with E-state index in [1.165, 1.54) is 5.56 Å². The van der Waals surface area contributed by atoms with E-state index >= 15 is 0 Å². The molecule has 5 rings (SSSR count). The Morgan fingerprint density at radius 3 is 2.18 bits per heavy atom. The third-order valence-electron chi connectivity index (χ3n) is 9.65. The Morgan fingerprint density at radius 1 is 0.872 bits per heavy atom. The number of carbonyl (C=O) groups is 2. The second-order valence-electron chi connectivity index (χ2n) is 12.1. The number of esters is 2. The van der Waals surface area contributed by atoms with Gasteiger partial charge in [-0.3, -0.25) is 0 Å². The topological polar surface area (TPSA) is 65.7 Å². The molecule has 0 amide bonds. The lowest BCUT2D eigenvalue weighted by molar-refractivity contribution is -0.130. The molecule has 39 heavy (non-hydrogen) atoms. The zero-order valence-electron chi connectivity index (χ0n) is 23.1. The van der Waals surface area contributed by atoms with Gasteiger partial charge in [0.05, 0.1) is 36.9 Å². The molecule has 2 aromatic carbocycles. The van der Waals surface area contributed by atoms with E-state index < -0.39 is 0 Å². The van der Waals surface area contributed by atoms with Gasteiger partial charge in [0.1, 0.15) is 0 Å². The highest BCUT2D eigenvalue weighted by molar-refractivity contribution is 5.89. The van der Waals surface area contributed by atoms with Crippen LogP contribution in [0.15, 0.2) is 83.7 Å². The van der Waals surface area contributed by atoms with Crippen LogP contribution in [-0.2, 0) is 15.9 Å². The molecule has 0 N–H and O–H groups in total. The van der Waals surface area contributed by atoms with E-state index in [9.17, 15) is 9.59 Å². The molecule has 1 heterocycles. The van der Waals surface area contributed by atoms with Crippen molar-refractivity contribution in [1.82, 2.24) is 0 Å². The van der Waals surface area contributed by atoms with E-state index in [1.54, 1.807) is 18.4 Å². The highest BCUT2D eigenvalue weighted by atomic mass is 16.5. The van der Waals surface area contributed by atoms with Crippen molar-refractivity contribution in [3.05, 3.63) is 95.9 Å². The van der Waals surface area contributed by atoms with E-state index in [4.69, 9.17) is 13.9 Å². The second-order valence-corrected chi connectivity index (χ2v) is 12.1. The predicted octanol–water partition coefficient (Wildman–Crippen LogP) is 7.77. The highest BCUT2D eigenvalue weighted by Gasteiger charge is 2.56. The summed E-state index contributed by atoms with van der Waals surface area (Å²) in [6, 6.07) is 20.5. The Hall–Kier alpha value is -3.34. The Kier molecular flexibility index (Phi) is 8.25. The van der Waals surface area contributed by atoms with Crippen LogP contribution in [0, 0.1) is 28.6 Å². The molecular weight excluding hydrogens is 488 g/mol. The largest absolute Gasteiger partial charge is 0.472 e. The standard InChI is InChI=1S/C34H40O5/c1-33(24-39-32(36)27-12-7-4-8-13-27)19-9-20-34(2)29(16-14-25-18-21-37-22-25)28(15-17-30(33)34)23-38-31(35)26-10-5-3-6-11-26/h3-8,10-13,18,21-22,28-30H,9,14-17,19-20,23-24H2,1-2H3/t28-,29-,30+,33-,34-/m1/s1. The van der Waals surface area contributed by atoms with Gasteiger partial charge in [-0.25, -0.2) is 9.59 Å². The molecule has 0 aliphatic heterocycles. The van der Waals surface area contributed by atoms with Crippen molar-refractivity contribution in [2.75, 3.05) is 13.2 Å². The molecule has 5 atom stereocenters. The monoisotopic (exact) mass is 528 g/mol. The normalized spacial score (nSPS) is 28.3. The number of fused-ring (bicyclic) bond motifs is 1. The van der Waals surface area contributed by atoms with Crippen molar-refractivity contribution < 1.29 is 23.5 Å². The minimum atomic E-state index is -0.252. The van der Waals surface area contributed by atoms with Crippen molar-refractivity contribution >= 4 is 11.9 Å². The Labute approximate surface area is 231 Å². The quantitative estimate of drug-likeness (QED) is 0.266. The molecule has 2 fully saturated rings. The fraction of sp³-hybridized carbons (Fsp3) is 0.471. The minimum absolute atomic E-state index is 0.0674. The fourth-order valence-corrected chi connectivity index (χ4v) is 7.68. The molecule has 0 unspecified atom stereocenters. The number of carbonyl (C=O) groups excluding carboxylic acids is 2. The molecule has 206 valence electrons. The van der Waals surface area contributed by atoms with Crippen LogP contribution in [0.1, 0.15) is 78.7 Å². The molecule has 0 bridgehead atoms. The molecule has 5 nitrogen and oxygen atoms in total. The lowest BCUT2D eigenvalue weighted by atomic mass is 9.45. The molecule has 0 spiro atoms. The Morgan fingerprint density at radius 2 is 1.54 bits per heavy atom. The number of furan rings is 1. The molecule has 0 saturated heterocycles. The summed E-state index contributed by atoms with van der Waals surface area (Å²) in [5.41, 5.74) is 2.38. The first kappa shape index (κ1) is 27.2. The number of rotatable bonds is 9. The van der Waals surface area contributed by atoms with E-state index in [0.29, 0.717) is 42.1 Å². The number of hydrogen-bond donors (Lipinski definition) is 0. The molecule has 2 saturated carbocycles. The van der Waals surface area contributed by atoms with E-state index in [2.05, 4.69) is 13.8 Å². The zero-order chi connectivity index (χ0) is 27.3. The van der Waals surface area contributed by atoms with Crippen molar-refractivity contribution in [2.45, 2.75) is 58.8 Å². The number of aryl methyl sites for hydroxylation is 1. The smallest absolute Gasteiger partial charge is 0.338 e. The lowest BCUT2D eigenvalue weighted by Gasteiger charge is -2.60. The summed E-state index contributed by atoms with van der Waals surface area (Å²) in [5, 5.41) is 0. The van der Waals surface area contributed by atoms with Gasteiger partial charge in [0, 0.05) is 5.41 Å². The van der Waals surface area contributed by atoms with Crippen LogP contribution in [0.4, 0.5) is 0 Å². The Bertz CT molecular complexity index is 1220. The van der Waals surface area contributed by atoms with Gasteiger partial charge in [0.2, 0.25) is 0 Å². The van der Waals surface area contributed by atoms with Gasteiger partial charge >= 0.3 is 11.9 Å². The van der Waals surface area contributed by atoms with Crippen molar-refractivity contribution in [1.29, 1.82) is 0 Å². The first-order valence-electron chi connectivity index (χ1n) is 14.3. The molecule has 0 radical (unpaired) electrons. The maximum atomic E-state index is 12.8. The highest BCUT2D eigenvalue weighted by Crippen LogP contribution is 2.62. The van der Waals surface area contributed by atoms with Crippen LogP contribution in [0.25, 0.3) is 0 Å². The van der Waals surface area contributed by atoms with Gasteiger partial charge in [-0.15, -0.1) is 0 Å². The molecule has 5 heteroatoms. The maximum Gasteiger partial charge on any atom is 0.338 e. The van der Waals surface area contributed by atoms with Gasteiger partial charge in [-0.2, -0.15) is 0 Å². The van der Waals surface area contributed by atoms with Crippen LogP contribution < -0.4 is 0 Å². The summed E-state index contributed by atoms with van der Waals surface area (Å²) in [7, 11) is 0. The van der Waals surface area contributed by atoms with Crippen LogP contribution in [0.3, 0.4) is 0 Å². The van der Waals surface area contributed by atoms with Crippen LogP contribution in [0.2, 0.25) is 0 Å². The van der Waals surface area contributed by atoms with Crippen LogP contribution in [0.5, 0.6) is 0 Å². The summed E-state index contributed by atoms with van der Waals surface area (Å²) < 4.78 is 17.2. The number of hydrogen-bond acceptors (Lipinski definition) is 5. The Balaban J connectivity index is 1.33. The average Bonchev–Trinajstić information content (AvgIpc) is 3.48. The van der Waals surface area contributed by atoms with Gasteiger partial charge in [0.25, 0.3) is 0 Å². The first-order chi connectivity index (χ1) is 18.9. The van der Waals surface area contributed by atoms with E-state index in [0.717, 1.165) is 44.9 Å². The number of ether oxygens (including phenoxy) is 2. The van der Waals surface area contributed by atoms with E-state index in [-0.39, 0.29) is 22.8 Å². The van der Waals surface area contributed by atoms with Crippen LogP contribution >= 0.6 is 0 Å². The van der Waals surface area contributed by atoms with Crippen LogP contribution in [-0.4, -0.2) is 25.2 Å². The lowest BCUT2D eigenvalue weighted by Crippen LogP contribution is -2.54. The molecular formula is C34H40O5. The molecule has 2 aliphatic rings. The van der Waals surface area contributed by atoms with E-state index in [1.807, 2.05) is 60.9 Å². The first-order valence-corrected chi connectivity index (χ1v) is 14.3. The molecule has 2 aliphatic carbocycles. The summed E-state index contributed by atoms with van der Waals surface area (Å²) >= 11 is 0. The summed E-state index contributed by atoms with van der Waals surface area (Å²) in [6.07, 6.45) is 10.9. The van der Waals surface area contributed by atoms with Gasteiger partial charge in [0.15, 0.2) is 0 Å². The minimum Gasteiger partial charge on any atom is -0.472 e. The summed E-state index contributed by atoms with van der Waals surface area (Å²) in [5.74, 6) is 0.608. The van der Waals surface area contributed by atoms with Gasteiger partial charge in [-0.1, -0.05) is 56.7 Å². The van der Waals surface area contributed by atoms with Gasteiger partial charge < -0.3 is 13.9 Å². The van der Waals surface area contributed by atoms with Gasteiger partial charge in [-0.05, 0) is 97.6 Å². The second kappa shape index (κ2) is 11.8. The zero-order valence-corrected chi connectivity index (χ0v) is 23.1. The van der Waals surface area contributed by atoms with Crippen molar-refractivity contribution in [2.24, 2.45) is 28.6 Å². The third kappa shape index (κ3) is 5.98. The van der Waals surface area contributed by atoms with Crippen molar-refractivity contribution in [3.63, 3.8) is 0 Å². The average molecular weight is 529 g/mol. The maximum absolute atomic E-state index is 12.8. The summed E-state index contributed by atoms with van der Waals surface area (Å²) in [4.78, 5) is 25.6. The molecule has 1 aromatic heterocycles. The third-order valence-corrected chi connectivity index (χ3v) is 9.65. The summed E-state index contributed by atoms with van der Waals surface area (Å²) in [6.45, 7) is 5.63. The number of benzene rings is 2.